The van der Waals surface area contributed by atoms with Crippen LogP contribution >= 0.6 is 23.4 Å². The van der Waals surface area contributed by atoms with Gasteiger partial charge in [0, 0.05) is 11.8 Å². The van der Waals surface area contributed by atoms with Crippen molar-refractivity contribution < 1.29 is 19.5 Å². The maximum atomic E-state index is 14.5. The van der Waals surface area contributed by atoms with Crippen LogP contribution in [-0.2, 0) is 27.3 Å². The Morgan fingerprint density at radius 3 is 2.38 bits per heavy atom. The number of benzene rings is 3. The number of anilines is 1. The molecule has 2 unspecified atom stereocenters. The number of para-hydroxylation sites is 1. The molecule has 3 heterocycles. The van der Waals surface area contributed by atoms with Gasteiger partial charge in [0.15, 0.2) is 0 Å². The van der Waals surface area contributed by atoms with Gasteiger partial charge in [0.2, 0.25) is 17.7 Å². The zero-order chi connectivity index (χ0) is 29.4. The van der Waals surface area contributed by atoms with Gasteiger partial charge in [-0.05, 0) is 48.9 Å². The van der Waals surface area contributed by atoms with Crippen LogP contribution in [0.2, 0.25) is 5.02 Å². The lowest BCUT2D eigenvalue weighted by atomic mass is 9.70. The second kappa shape index (κ2) is 11.7. The first-order valence-electron chi connectivity index (χ1n) is 14.4. The number of aliphatic hydroxyl groups excluding tert-OH is 1. The molecule has 3 amide bonds. The minimum atomic E-state index is -0.867. The van der Waals surface area contributed by atoms with Crippen molar-refractivity contribution in [2.24, 2.45) is 11.8 Å². The van der Waals surface area contributed by atoms with Crippen molar-refractivity contribution in [3.05, 3.63) is 101 Å². The summed E-state index contributed by atoms with van der Waals surface area (Å²) >= 11 is 8.09. The number of aryl methyl sites for hydroxylation is 1. The number of likely N-dealkylation sites (tertiary alicyclic amines) is 1. The third-order valence-electron chi connectivity index (χ3n) is 8.99. The van der Waals surface area contributed by atoms with E-state index in [0.29, 0.717) is 30.1 Å². The maximum absolute atomic E-state index is 14.5. The van der Waals surface area contributed by atoms with E-state index in [4.69, 9.17) is 11.6 Å². The molecule has 3 saturated heterocycles. The summed E-state index contributed by atoms with van der Waals surface area (Å²) in [5, 5.41) is 17.1. The van der Waals surface area contributed by atoms with Gasteiger partial charge in [0.05, 0.1) is 39.9 Å². The van der Waals surface area contributed by atoms with Crippen molar-refractivity contribution >= 4 is 46.8 Å². The Morgan fingerprint density at radius 1 is 1.02 bits per heavy atom. The van der Waals surface area contributed by atoms with Crippen LogP contribution in [0, 0.1) is 18.8 Å². The molecule has 3 fully saturated rings. The van der Waals surface area contributed by atoms with Crippen LogP contribution in [0.1, 0.15) is 29.5 Å². The average molecular weight is 604 g/mol. The summed E-state index contributed by atoms with van der Waals surface area (Å²) in [6.45, 7) is 1.93. The number of nitrogens with zero attached hydrogens (tertiary/aromatic N) is 1. The molecule has 3 aromatic carbocycles. The van der Waals surface area contributed by atoms with Crippen LogP contribution in [0.15, 0.2) is 78.9 Å². The van der Waals surface area contributed by atoms with Crippen LogP contribution in [-0.4, -0.2) is 56.4 Å². The number of aliphatic hydroxyl groups is 1. The van der Waals surface area contributed by atoms with Gasteiger partial charge in [-0.25, -0.2) is 0 Å². The van der Waals surface area contributed by atoms with Crippen molar-refractivity contribution in [3.63, 3.8) is 0 Å². The fraction of sp³-hybridized carbons (Fsp3) is 0.364. The van der Waals surface area contributed by atoms with E-state index in [1.165, 1.54) is 0 Å². The predicted molar refractivity (Wildman–Crippen MR) is 165 cm³/mol. The lowest BCUT2D eigenvalue weighted by Gasteiger charge is -2.37. The normalized spacial score (nSPS) is 26.6. The van der Waals surface area contributed by atoms with E-state index in [1.54, 1.807) is 22.7 Å². The molecule has 218 valence electrons. The van der Waals surface area contributed by atoms with Crippen molar-refractivity contribution in [1.29, 1.82) is 0 Å². The van der Waals surface area contributed by atoms with E-state index in [-0.39, 0.29) is 29.6 Å². The molecule has 9 heteroatoms. The molecule has 6 atom stereocenters. The molecule has 3 N–H and O–H groups in total. The molecule has 3 aliphatic rings. The number of thioether (sulfide) groups is 1. The van der Waals surface area contributed by atoms with Crippen molar-refractivity contribution in [1.82, 2.24) is 10.2 Å². The third kappa shape index (κ3) is 4.99. The highest BCUT2D eigenvalue weighted by atomic mass is 35.5. The fourth-order valence-electron chi connectivity index (χ4n) is 7.11. The van der Waals surface area contributed by atoms with Crippen molar-refractivity contribution in [2.75, 3.05) is 11.9 Å². The summed E-state index contributed by atoms with van der Waals surface area (Å²) in [6, 6.07) is 23.2. The standard InChI is InChI=1S/C33H34ClN3O4S/c1-20-9-8-14-24(34)28(20)36-31(40)29-33-16-15-25(42-33)26(30(39)35-18-22-12-6-3-7-13-22)27(33)32(41)37(29)23(19-38)17-21-10-4-2-5-11-21/h2-14,23,25-27,29,38H,15-19H2,1H3,(H,35,39)(H,36,40)/t23-,25-,26+,27+,29?,33?/m1/s1. The number of amides is 3. The zero-order valence-corrected chi connectivity index (χ0v) is 24.9. The van der Waals surface area contributed by atoms with Crippen LogP contribution in [0.25, 0.3) is 0 Å². The molecule has 7 nitrogen and oxygen atoms in total. The van der Waals surface area contributed by atoms with E-state index >= 15 is 0 Å². The van der Waals surface area contributed by atoms with Gasteiger partial charge in [0.1, 0.15) is 6.04 Å². The molecule has 3 aromatic rings. The highest BCUT2D eigenvalue weighted by molar-refractivity contribution is 8.02. The summed E-state index contributed by atoms with van der Waals surface area (Å²) in [4.78, 5) is 44.1. The SMILES string of the molecule is Cc1cccc(Cl)c1NC(=O)C1N([C@@H](CO)Cc2ccccc2)C(=O)[C@@H]2[C@@H](C(=O)NCc3ccccc3)[C@H]3CCC12S3. The second-order valence-corrected chi connectivity index (χ2v) is 13.5. The summed E-state index contributed by atoms with van der Waals surface area (Å²) in [5.41, 5.74) is 3.25. The molecule has 3 aliphatic heterocycles. The van der Waals surface area contributed by atoms with Crippen molar-refractivity contribution in [3.8, 4) is 0 Å². The smallest absolute Gasteiger partial charge is 0.248 e. The van der Waals surface area contributed by atoms with Crippen LogP contribution in [0.5, 0.6) is 0 Å². The molecule has 0 saturated carbocycles. The largest absolute Gasteiger partial charge is 0.394 e. The van der Waals surface area contributed by atoms with Gasteiger partial charge in [-0.1, -0.05) is 84.4 Å². The highest BCUT2D eigenvalue weighted by Crippen LogP contribution is 2.66. The summed E-state index contributed by atoms with van der Waals surface area (Å²) in [5.74, 6) is -1.96. The Labute approximate surface area is 255 Å². The lowest BCUT2D eigenvalue weighted by molar-refractivity contribution is -0.142. The number of nitrogens with one attached hydrogen (secondary N) is 2. The van der Waals surface area contributed by atoms with Crippen molar-refractivity contribution in [2.45, 2.75) is 54.8 Å². The first kappa shape index (κ1) is 28.8. The quantitative estimate of drug-likeness (QED) is 0.332. The van der Waals surface area contributed by atoms with E-state index in [9.17, 15) is 19.5 Å². The lowest BCUT2D eigenvalue weighted by Crippen LogP contribution is -2.55. The van der Waals surface area contributed by atoms with E-state index in [2.05, 4.69) is 10.6 Å². The third-order valence-corrected chi connectivity index (χ3v) is 11.3. The Kier molecular flexibility index (Phi) is 8.05. The first-order valence-corrected chi connectivity index (χ1v) is 15.6. The number of carbonyl (C=O) groups excluding carboxylic acids is 3. The van der Waals surface area contributed by atoms with Gasteiger partial charge in [-0.2, -0.15) is 0 Å². The molecule has 6 rings (SSSR count). The molecule has 42 heavy (non-hydrogen) atoms. The van der Waals surface area contributed by atoms with E-state index in [1.807, 2.05) is 79.7 Å². The molecule has 1 spiro atoms. The van der Waals surface area contributed by atoms with Gasteiger partial charge in [-0.15, -0.1) is 11.8 Å². The van der Waals surface area contributed by atoms with E-state index < -0.39 is 28.7 Å². The Balaban J connectivity index is 1.35. The Hall–Kier alpha value is -3.33. The zero-order valence-electron chi connectivity index (χ0n) is 23.3. The Bertz CT molecular complexity index is 1470. The molecule has 0 aliphatic carbocycles. The minimum absolute atomic E-state index is 0.0593. The van der Waals surface area contributed by atoms with Crippen LogP contribution < -0.4 is 10.6 Å². The molecule has 0 radical (unpaired) electrons. The number of carbonyl (C=O) groups is 3. The number of hydrogen-bond donors (Lipinski definition) is 3. The maximum Gasteiger partial charge on any atom is 0.248 e. The molecule has 0 aromatic heterocycles. The van der Waals surface area contributed by atoms with Gasteiger partial charge < -0.3 is 20.6 Å². The van der Waals surface area contributed by atoms with Gasteiger partial charge >= 0.3 is 0 Å². The summed E-state index contributed by atoms with van der Waals surface area (Å²) in [6.07, 6.45) is 1.77. The first-order chi connectivity index (χ1) is 20.3. The average Bonchev–Trinajstić information content (AvgIpc) is 3.65. The number of halogens is 1. The summed E-state index contributed by atoms with van der Waals surface area (Å²) in [7, 11) is 0. The predicted octanol–water partition coefficient (Wildman–Crippen LogP) is 4.60. The van der Waals surface area contributed by atoms with E-state index in [0.717, 1.165) is 23.1 Å². The molecular weight excluding hydrogens is 570 g/mol. The number of hydrogen-bond acceptors (Lipinski definition) is 5. The van der Waals surface area contributed by atoms with Crippen LogP contribution in [0.3, 0.4) is 0 Å². The Morgan fingerprint density at radius 2 is 1.71 bits per heavy atom. The minimum Gasteiger partial charge on any atom is -0.394 e. The van der Waals surface area contributed by atoms with Crippen LogP contribution in [0.4, 0.5) is 5.69 Å². The second-order valence-electron chi connectivity index (χ2n) is 11.5. The topological polar surface area (TPSA) is 98.7 Å². The molecular formula is C33H34ClN3O4S. The van der Waals surface area contributed by atoms with Gasteiger partial charge in [-0.3, -0.25) is 14.4 Å². The highest BCUT2D eigenvalue weighted by Gasteiger charge is 2.74. The summed E-state index contributed by atoms with van der Waals surface area (Å²) < 4.78 is -0.778. The van der Waals surface area contributed by atoms with Gasteiger partial charge in [0.25, 0.3) is 0 Å². The number of rotatable bonds is 9. The fourth-order valence-corrected chi connectivity index (χ4v) is 9.58. The monoisotopic (exact) mass is 603 g/mol. The molecule has 2 bridgehead atoms. The number of fused-ring (bicyclic) bond motifs is 1.